The molecule has 29 heavy (non-hydrogen) atoms. The van der Waals surface area contributed by atoms with Crippen molar-refractivity contribution in [2.75, 3.05) is 44.3 Å². The Balaban J connectivity index is 1.56. The van der Waals surface area contributed by atoms with Crippen molar-refractivity contribution in [3.8, 4) is 0 Å². The molecule has 0 saturated carbocycles. The molecular formula is C19H22ClN3O5S. The summed E-state index contributed by atoms with van der Waals surface area (Å²) in [6.45, 7) is 2.69. The van der Waals surface area contributed by atoms with Crippen LogP contribution in [0.2, 0.25) is 0 Å². The number of halogens is 1. The molecule has 0 spiro atoms. The molecule has 2 amide bonds. The molecule has 1 aromatic rings. The molecule has 156 valence electrons. The SMILES string of the molecule is O=C1C(Cl)=C(N2CCCCC2)C(=O)N1c1ccc(S(=O)(=O)N2CCOCC2)cc1. The summed E-state index contributed by atoms with van der Waals surface area (Å²) in [6, 6.07) is 5.75. The van der Waals surface area contributed by atoms with Gasteiger partial charge in [-0.1, -0.05) is 11.6 Å². The standard InChI is InChI=1S/C19H22ClN3O5S/c20-16-17(21-8-2-1-3-9-21)19(25)23(18(16)24)14-4-6-15(7-5-14)29(26,27)22-10-12-28-13-11-22/h4-7H,1-3,8-13H2. The van der Waals surface area contributed by atoms with Crippen LogP contribution in [-0.2, 0) is 24.3 Å². The molecule has 0 atom stereocenters. The van der Waals surface area contributed by atoms with E-state index in [-0.39, 0.29) is 15.6 Å². The monoisotopic (exact) mass is 439 g/mol. The van der Waals surface area contributed by atoms with Gasteiger partial charge in [0.25, 0.3) is 11.8 Å². The van der Waals surface area contributed by atoms with Crippen LogP contribution >= 0.6 is 11.6 Å². The summed E-state index contributed by atoms with van der Waals surface area (Å²) < 4.78 is 32.1. The molecule has 0 N–H and O–H groups in total. The molecule has 0 unspecified atom stereocenters. The first-order chi connectivity index (χ1) is 13.9. The maximum atomic E-state index is 12.9. The summed E-state index contributed by atoms with van der Waals surface area (Å²) in [6.07, 6.45) is 2.98. The van der Waals surface area contributed by atoms with E-state index >= 15 is 0 Å². The number of ether oxygens (including phenoxy) is 1. The summed E-state index contributed by atoms with van der Waals surface area (Å²) in [5.41, 5.74) is 0.535. The van der Waals surface area contributed by atoms with Gasteiger partial charge in [-0.15, -0.1) is 0 Å². The Kier molecular flexibility index (Phi) is 5.65. The number of hydrogen-bond donors (Lipinski definition) is 0. The van der Waals surface area contributed by atoms with Crippen LogP contribution in [0, 0.1) is 0 Å². The average Bonchev–Trinajstić information content (AvgIpc) is 2.97. The van der Waals surface area contributed by atoms with Gasteiger partial charge in [0, 0.05) is 26.2 Å². The van der Waals surface area contributed by atoms with Crippen molar-refractivity contribution in [2.24, 2.45) is 0 Å². The van der Waals surface area contributed by atoms with Crippen LogP contribution < -0.4 is 4.90 Å². The molecule has 2 fully saturated rings. The van der Waals surface area contributed by atoms with Gasteiger partial charge in [-0.05, 0) is 43.5 Å². The number of morpholine rings is 1. The van der Waals surface area contributed by atoms with Gasteiger partial charge >= 0.3 is 0 Å². The summed E-state index contributed by atoms with van der Waals surface area (Å²) >= 11 is 6.22. The van der Waals surface area contributed by atoms with Crippen molar-refractivity contribution in [3.05, 3.63) is 35.0 Å². The van der Waals surface area contributed by atoms with Crippen molar-refractivity contribution in [2.45, 2.75) is 24.2 Å². The second-order valence-electron chi connectivity index (χ2n) is 7.17. The van der Waals surface area contributed by atoms with E-state index in [1.54, 1.807) is 0 Å². The Labute approximate surface area is 174 Å². The van der Waals surface area contributed by atoms with Crippen molar-refractivity contribution < 1.29 is 22.7 Å². The number of likely N-dealkylation sites (tertiary alicyclic amines) is 1. The van der Waals surface area contributed by atoms with Crippen molar-refractivity contribution >= 4 is 39.1 Å². The van der Waals surface area contributed by atoms with Crippen LogP contribution in [-0.4, -0.2) is 68.8 Å². The Bertz CT molecular complexity index is 949. The van der Waals surface area contributed by atoms with Crippen LogP contribution in [0.4, 0.5) is 5.69 Å². The lowest BCUT2D eigenvalue weighted by atomic mass is 10.1. The van der Waals surface area contributed by atoms with Gasteiger partial charge in [0.05, 0.1) is 23.8 Å². The van der Waals surface area contributed by atoms with E-state index < -0.39 is 21.8 Å². The van der Waals surface area contributed by atoms with Crippen LogP contribution in [0.25, 0.3) is 0 Å². The van der Waals surface area contributed by atoms with Crippen molar-refractivity contribution in [1.82, 2.24) is 9.21 Å². The number of imide groups is 1. The molecule has 1 aromatic carbocycles. The minimum absolute atomic E-state index is 0.0816. The normalized spacial score (nSPS) is 22.0. The fourth-order valence-electron chi connectivity index (χ4n) is 3.82. The summed E-state index contributed by atoms with van der Waals surface area (Å²) in [7, 11) is -3.65. The summed E-state index contributed by atoms with van der Waals surface area (Å²) in [5.74, 6) is -1.05. The van der Waals surface area contributed by atoms with Crippen LogP contribution in [0.15, 0.2) is 39.9 Å². The summed E-state index contributed by atoms with van der Waals surface area (Å²) in [4.78, 5) is 28.6. The first-order valence-electron chi connectivity index (χ1n) is 9.63. The third-order valence-corrected chi connectivity index (χ3v) is 7.63. The molecule has 2 saturated heterocycles. The lowest BCUT2D eigenvalue weighted by molar-refractivity contribution is -0.121. The first kappa shape index (κ1) is 20.3. The molecule has 10 heteroatoms. The zero-order valence-corrected chi connectivity index (χ0v) is 17.4. The van der Waals surface area contributed by atoms with Gasteiger partial charge in [-0.3, -0.25) is 9.59 Å². The number of hydrogen-bond acceptors (Lipinski definition) is 6. The number of carbonyl (C=O) groups is 2. The van der Waals surface area contributed by atoms with E-state index in [9.17, 15) is 18.0 Å². The van der Waals surface area contributed by atoms with Gasteiger partial charge in [0.1, 0.15) is 10.7 Å². The van der Waals surface area contributed by atoms with Crippen LogP contribution in [0.1, 0.15) is 19.3 Å². The van der Waals surface area contributed by atoms with E-state index in [1.807, 2.05) is 4.90 Å². The highest BCUT2D eigenvalue weighted by Crippen LogP contribution is 2.33. The molecule has 0 bridgehead atoms. The highest BCUT2D eigenvalue weighted by molar-refractivity contribution is 7.89. The predicted octanol–water partition coefficient (Wildman–Crippen LogP) is 1.52. The average molecular weight is 440 g/mol. The largest absolute Gasteiger partial charge is 0.379 e. The fraction of sp³-hybridized carbons (Fsp3) is 0.474. The topological polar surface area (TPSA) is 87.2 Å². The van der Waals surface area contributed by atoms with E-state index in [4.69, 9.17) is 16.3 Å². The third kappa shape index (κ3) is 3.68. The van der Waals surface area contributed by atoms with E-state index in [2.05, 4.69) is 0 Å². The maximum absolute atomic E-state index is 12.9. The van der Waals surface area contributed by atoms with Crippen molar-refractivity contribution in [1.29, 1.82) is 0 Å². The van der Waals surface area contributed by atoms with Crippen molar-refractivity contribution in [3.63, 3.8) is 0 Å². The zero-order chi connectivity index (χ0) is 20.6. The second kappa shape index (κ2) is 8.06. The van der Waals surface area contributed by atoms with Crippen LogP contribution in [0.3, 0.4) is 0 Å². The number of amides is 2. The smallest absolute Gasteiger partial charge is 0.283 e. The highest BCUT2D eigenvalue weighted by atomic mass is 35.5. The number of carbonyl (C=O) groups excluding carboxylic acids is 2. The van der Waals surface area contributed by atoms with Gasteiger partial charge in [0.2, 0.25) is 10.0 Å². The number of benzene rings is 1. The lowest BCUT2D eigenvalue weighted by Crippen LogP contribution is -2.40. The fourth-order valence-corrected chi connectivity index (χ4v) is 5.51. The number of rotatable bonds is 4. The van der Waals surface area contributed by atoms with Gasteiger partial charge in [-0.25, -0.2) is 13.3 Å². The Hall–Kier alpha value is -1.94. The van der Waals surface area contributed by atoms with Crippen LogP contribution in [0.5, 0.6) is 0 Å². The Morgan fingerprint density at radius 2 is 1.48 bits per heavy atom. The zero-order valence-electron chi connectivity index (χ0n) is 15.8. The van der Waals surface area contributed by atoms with Gasteiger partial charge in [-0.2, -0.15) is 4.31 Å². The molecule has 8 nitrogen and oxygen atoms in total. The first-order valence-corrected chi connectivity index (χ1v) is 11.4. The molecule has 0 radical (unpaired) electrons. The molecule has 0 aliphatic carbocycles. The number of anilines is 1. The summed E-state index contributed by atoms with van der Waals surface area (Å²) in [5, 5.41) is -0.0816. The molecular weight excluding hydrogens is 418 g/mol. The second-order valence-corrected chi connectivity index (χ2v) is 9.48. The molecule has 0 aromatic heterocycles. The quantitative estimate of drug-likeness (QED) is 0.661. The molecule has 3 aliphatic heterocycles. The van der Waals surface area contributed by atoms with E-state index in [0.29, 0.717) is 45.1 Å². The highest BCUT2D eigenvalue weighted by Gasteiger charge is 2.41. The predicted molar refractivity (Wildman–Crippen MR) is 107 cm³/mol. The number of nitrogens with zero attached hydrogens (tertiary/aromatic N) is 3. The molecule has 3 aliphatic rings. The van der Waals surface area contributed by atoms with E-state index in [1.165, 1.54) is 28.6 Å². The lowest BCUT2D eigenvalue weighted by Gasteiger charge is -2.29. The maximum Gasteiger partial charge on any atom is 0.283 e. The van der Waals surface area contributed by atoms with Gasteiger partial charge in [0.15, 0.2) is 0 Å². The van der Waals surface area contributed by atoms with E-state index in [0.717, 1.165) is 24.2 Å². The Morgan fingerprint density at radius 3 is 2.10 bits per heavy atom. The molecule has 4 rings (SSSR count). The Morgan fingerprint density at radius 1 is 0.862 bits per heavy atom. The molecule has 3 heterocycles. The van der Waals surface area contributed by atoms with Gasteiger partial charge < -0.3 is 9.64 Å². The number of sulfonamides is 1. The number of piperidine rings is 1. The minimum atomic E-state index is -3.65. The minimum Gasteiger partial charge on any atom is -0.379 e. The third-order valence-electron chi connectivity index (χ3n) is 5.38.